The van der Waals surface area contributed by atoms with Crippen molar-refractivity contribution in [1.82, 2.24) is 15.1 Å². The van der Waals surface area contributed by atoms with Crippen molar-refractivity contribution in [2.45, 2.75) is 37.0 Å². The predicted molar refractivity (Wildman–Crippen MR) is 91.4 cm³/mol. The molecule has 126 valence electrons. The first kappa shape index (κ1) is 15.2. The van der Waals surface area contributed by atoms with Crippen LogP contribution in [-0.4, -0.2) is 29.3 Å². The summed E-state index contributed by atoms with van der Waals surface area (Å²) in [5.41, 5.74) is 2.90. The summed E-state index contributed by atoms with van der Waals surface area (Å²) >= 11 is 0. The van der Waals surface area contributed by atoms with E-state index in [4.69, 9.17) is 4.74 Å². The molecule has 0 saturated heterocycles. The largest absolute Gasteiger partial charge is 0.496 e. The second kappa shape index (κ2) is 5.65. The third-order valence-corrected chi connectivity index (χ3v) is 5.19. The molecule has 1 heterocycles. The molecule has 0 radical (unpaired) electrons. The number of nitrogens with one attached hydrogen (secondary N) is 1. The smallest absolute Gasteiger partial charge is 0.254 e. The number of carbonyl (C=O) groups is 1. The van der Waals surface area contributed by atoms with Crippen molar-refractivity contribution in [3.63, 3.8) is 0 Å². The lowest BCUT2D eigenvalue weighted by atomic mass is 9.94. The number of hydrogen-bond acceptors (Lipinski definition) is 3. The lowest BCUT2D eigenvalue weighted by molar-refractivity contribution is 0.0948. The molecular weight excluding hydrogens is 302 g/mol. The van der Waals surface area contributed by atoms with Crippen molar-refractivity contribution in [3.05, 3.63) is 47.3 Å². The van der Waals surface area contributed by atoms with Crippen LogP contribution in [-0.2, 0) is 12.5 Å². The van der Waals surface area contributed by atoms with Crippen LogP contribution in [0.25, 0.3) is 0 Å². The lowest BCUT2D eigenvalue weighted by Gasteiger charge is -2.19. The summed E-state index contributed by atoms with van der Waals surface area (Å²) in [7, 11) is 3.57. The molecule has 2 aliphatic rings. The Labute approximate surface area is 142 Å². The van der Waals surface area contributed by atoms with Gasteiger partial charge in [0.1, 0.15) is 5.75 Å². The zero-order valence-corrected chi connectivity index (χ0v) is 14.2. The molecule has 1 amide bonds. The predicted octanol–water partition coefficient (Wildman–Crippen LogP) is 2.77. The number of amides is 1. The summed E-state index contributed by atoms with van der Waals surface area (Å²) in [4.78, 5) is 12.7. The standard InChI is InChI=1S/C19H23N3O2/c1-22-11-14(17(21-22)13-7-8-13)18(23)20-12-19(9-10-19)15-5-3-4-6-16(15)24-2/h3-6,11,13H,7-10,12H2,1-2H3,(H,20,23). The zero-order chi connectivity index (χ0) is 16.7. The SMILES string of the molecule is COc1ccccc1C1(CNC(=O)c2cn(C)nc2C2CC2)CC1. The Balaban J connectivity index is 1.50. The van der Waals surface area contributed by atoms with Gasteiger partial charge in [-0.25, -0.2) is 0 Å². The Morgan fingerprint density at radius 1 is 1.38 bits per heavy atom. The van der Waals surface area contributed by atoms with Crippen LogP contribution in [0, 0.1) is 0 Å². The summed E-state index contributed by atoms with van der Waals surface area (Å²) in [6, 6.07) is 8.11. The van der Waals surface area contributed by atoms with E-state index < -0.39 is 0 Å². The van der Waals surface area contributed by atoms with Crippen LogP contribution in [0.2, 0.25) is 0 Å². The molecule has 1 aromatic carbocycles. The van der Waals surface area contributed by atoms with E-state index in [0.717, 1.165) is 42.7 Å². The van der Waals surface area contributed by atoms with Gasteiger partial charge in [0.2, 0.25) is 0 Å². The molecule has 0 aliphatic heterocycles. The quantitative estimate of drug-likeness (QED) is 0.888. The summed E-state index contributed by atoms with van der Waals surface area (Å²) < 4.78 is 7.24. The van der Waals surface area contributed by atoms with Crippen LogP contribution in [0.3, 0.4) is 0 Å². The number of aromatic nitrogens is 2. The molecule has 4 rings (SSSR count). The van der Waals surface area contributed by atoms with Gasteiger partial charge in [-0.2, -0.15) is 5.10 Å². The molecule has 0 unspecified atom stereocenters. The minimum Gasteiger partial charge on any atom is -0.496 e. The number of aryl methyl sites for hydroxylation is 1. The van der Waals surface area contributed by atoms with Crippen LogP contribution in [0.5, 0.6) is 5.75 Å². The van der Waals surface area contributed by atoms with E-state index in [-0.39, 0.29) is 11.3 Å². The van der Waals surface area contributed by atoms with Crippen molar-refractivity contribution < 1.29 is 9.53 Å². The van der Waals surface area contributed by atoms with Gasteiger partial charge in [-0.05, 0) is 31.7 Å². The number of carbonyl (C=O) groups excluding carboxylic acids is 1. The topological polar surface area (TPSA) is 56.1 Å². The molecule has 0 atom stereocenters. The summed E-state index contributed by atoms with van der Waals surface area (Å²) in [6.07, 6.45) is 6.28. The van der Waals surface area contributed by atoms with E-state index in [1.54, 1.807) is 11.8 Å². The van der Waals surface area contributed by atoms with Crippen molar-refractivity contribution in [3.8, 4) is 5.75 Å². The van der Waals surface area contributed by atoms with Gasteiger partial charge < -0.3 is 10.1 Å². The molecule has 24 heavy (non-hydrogen) atoms. The minimum absolute atomic E-state index is 0.00817. The first-order valence-electron chi connectivity index (χ1n) is 8.58. The molecular formula is C19H23N3O2. The normalized spacial score (nSPS) is 18.2. The van der Waals surface area contributed by atoms with Crippen molar-refractivity contribution in [2.75, 3.05) is 13.7 Å². The van der Waals surface area contributed by atoms with Gasteiger partial charge in [-0.1, -0.05) is 18.2 Å². The van der Waals surface area contributed by atoms with E-state index in [9.17, 15) is 4.79 Å². The van der Waals surface area contributed by atoms with Crippen LogP contribution in [0.4, 0.5) is 0 Å². The number of benzene rings is 1. The summed E-state index contributed by atoms with van der Waals surface area (Å²) in [6.45, 7) is 0.644. The van der Waals surface area contributed by atoms with E-state index in [0.29, 0.717) is 12.5 Å². The van der Waals surface area contributed by atoms with E-state index in [2.05, 4.69) is 16.5 Å². The number of para-hydroxylation sites is 1. The van der Waals surface area contributed by atoms with Crippen LogP contribution < -0.4 is 10.1 Å². The second-order valence-corrected chi connectivity index (χ2v) is 7.04. The highest BCUT2D eigenvalue weighted by atomic mass is 16.5. The Bertz CT molecular complexity index is 773. The monoisotopic (exact) mass is 325 g/mol. The maximum atomic E-state index is 12.7. The molecule has 2 fully saturated rings. The summed E-state index contributed by atoms with van der Waals surface area (Å²) in [5.74, 6) is 1.37. The highest BCUT2D eigenvalue weighted by Crippen LogP contribution is 2.50. The Kier molecular flexibility index (Phi) is 3.59. The maximum Gasteiger partial charge on any atom is 0.254 e. The first-order chi connectivity index (χ1) is 11.6. The molecule has 0 bridgehead atoms. The van der Waals surface area contributed by atoms with Gasteiger partial charge in [0.05, 0.1) is 18.4 Å². The molecule has 1 N–H and O–H groups in total. The number of ether oxygens (including phenoxy) is 1. The van der Waals surface area contributed by atoms with Crippen molar-refractivity contribution in [2.24, 2.45) is 7.05 Å². The average Bonchev–Trinajstić information content (AvgIpc) is 3.52. The van der Waals surface area contributed by atoms with Crippen LogP contribution >= 0.6 is 0 Å². The van der Waals surface area contributed by atoms with Crippen LogP contribution in [0.15, 0.2) is 30.5 Å². The highest BCUT2D eigenvalue weighted by Gasteiger charge is 2.46. The Hall–Kier alpha value is -2.30. The van der Waals surface area contributed by atoms with Crippen molar-refractivity contribution in [1.29, 1.82) is 0 Å². The lowest BCUT2D eigenvalue weighted by Crippen LogP contribution is -2.32. The fraction of sp³-hybridized carbons (Fsp3) is 0.474. The van der Waals surface area contributed by atoms with E-state index in [1.807, 2.05) is 31.4 Å². The molecule has 2 aromatic rings. The van der Waals surface area contributed by atoms with Gasteiger partial charge in [-0.3, -0.25) is 9.48 Å². The van der Waals surface area contributed by atoms with Crippen molar-refractivity contribution >= 4 is 5.91 Å². The van der Waals surface area contributed by atoms with E-state index in [1.165, 1.54) is 5.56 Å². The summed E-state index contributed by atoms with van der Waals surface area (Å²) in [5, 5.41) is 7.62. The van der Waals surface area contributed by atoms with Gasteiger partial charge in [0.15, 0.2) is 0 Å². The average molecular weight is 325 g/mol. The van der Waals surface area contributed by atoms with Crippen LogP contribution in [0.1, 0.15) is 53.2 Å². The van der Waals surface area contributed by atoms with Gasteiger partial charge in [-0.15, -0.1) is 0 Å². The highest BCUT2D eigenvalue weighted by molar-refractivity contribution is 5.95. The zero-order valence-electron chi connectivity index (χ0n) is 14.2. The molecule has 5 heteroatoms. The Morgan fingerprint density at radius 3 is 2.79 bits per heavy atom. The number of hydrogen-bond donors (Lipinski definition) is 1. The molecule has 0 spiro atoms. The molecule has 1 aromatic heterocycles. The third-order valence-electron chi connectivity index (χ3n) is 5.19. The number of methoxy groups -OCH3 is 1. The van der Waals surface area contributed by atoms with Gasteiger partial charge in [0.25, 0.3) is 5.91 Å². The molecule has 2 aliphatic carbocycles. The number of rotatable bonds is 6. The fourth-order valence-electron chi connectivity index (χ4n) is 3.46. The maximum absolute atomic E-state index is 12.7. The number of nitrogens with zero attached hydrogens (tertiary/aromatic N) is 2. The fourth-order valence-corrected chi connectivity index (χ4v) is 3.46. The van der Waals surface area contributed by atoms with Gasteiger partial charge in [0, 0.05) is 36.7 Å². The van der Waals surface area contributed by atoms with E-state index >= 15 is 0 Å². The molecule has 2 saturated carbocycles. The van der Waals surface area contributed by atoms with Gasteiger partial charge >= 0.3 is 0 Å². The Morgan fingerprint density at radius 2 is 2.12 bits per heavy atom. The third kappa shape index (κ3) is 2.68. The second-order valence-electron chi connectivity index (χ2n) is 7.04. The first-order valence-corrected chi connectivity index (χ1v) is 8.58. The minimum atomic E-state index is -0.00817. The molecule has 5 nitrogen and oxygen atoms in total.